The van der Waals surface area contributed by atoms with Gasteiger partial charge in [0, 0.05) is 0 Å². The number of benzene rings is 1. The molecule has 0 spiro atoms. The van der Waals surface area contributed by atoms with Crippen molar-refractivity contribution in [1.29, 1.82) is 0 Å². The number of rotatable bonds is 7. The first-order valence-electron chi connectivity index (χ1n) is 9.06. The predicted octanol–water partition coefficient (Wildman–Crippen LogP) is 3.20. The van der Waals surface area contributed by atoms with Gasteiger partial charge in [0.25, 0.3) is 10.1 Å². The van der Waals surface area contributed by atoms with E-state index in [2.05, 4.69) is 0 Å². The molecule has 0 radical (unpaired) electrons. The van der Waals surface area contributed by atoms with Gasteiger partial charge < -0.3 is 9.47 Å². The van der Waals surface area contributed by atoms with E-state index in [0.717, 1.165) is 12.1 Å². The minimum absolute atomic E-state index is 0. The van der Waals surface area contributed by atoms with E-state index in [1.165, 1.54) is 6.07 Å². The van der Waals surface area contributed by atoms with Crippen LogP contribution in [-0.4, -0.2) is 73.8 Å². The molecule has 0 fully saturated rings. The van der Waals surface area contributed by atoms with Crippen molar-refractivity contribution in [2.75, 3.05) is 0 Å². The van der Waals surface area contributed by atoms with E-state index < -0.39 is 38.2 Å². The van der Waals surface area contributed by atoms with Gasteiger partial charge in [-0.3, -0.25) is 4.55 Å². The third-order valence-corrected chi connectivity index (χ3v) is 6.00. The van der Waals surface area contributed by atoms with Crippen molar-refractivity contribution in [3.63, 3.8) is 0 Å². The number of carbonyl (C=O) groups is 2. The number of hydrogen-bond donors (Lipinski definition) is 1. The summed E-state index contributed by atoms with van der Waals surface area (Å²) in [7, 11) is -4.65. The van der Waals surface area contributed by atoms with Gasteiger partial charge >= 0.3 is 49.7 Å². The molecule has 0 amide bonds. The molecule has 0 aliphatic carbocycles. The SMILES string of the molecule is CC(C)C(C)(C)OC(=O)c1cc(C(=O)OC(C)(C)C(C)C)cc(S(=O)(=O)O)c1.[CaH2]. The Morgan fingerprint density at radius 3 is 1.38 bits per heavy atom. The van der Waals surface area contributed by atoms with Crippen LogP contribution in [0.5, 0.6) is 0 Å². The Morgan fingerprint density at radius 1 is 0.828 bits per heavy atom. The Bertz CT molecular complexity index is 803. The summed E-state index contributed by atoms with van der Waals surface area (Å²) >= 11 is 0. The quantitative estimate of drug-likeness (QED) is 0.381. The molecule has 0 saturated carbocycles. The third-order valence-electron chi connectivity index (χ3n) is 5.17. The molecule has 1 rings (SSSR count). The summed E-state index contributed by atoms with van der Waals surface area (Å²) < 4.78 is 43.6. The molecule has 0 unspecified atom stereocenters. The first-order valence-corrected chi connectivity index (χ1v) is 10.5. The van der Waals surface area contributed by atoms with Crippen LogP contribution in [0.2, 0.25) is 0 Å². The van der Waals surface area contributed by atoms with Crippen molar-refractivity contribution >= 4 is 59.8 Å². The standard InChI is InChI=1S/C20H30O7S.Ca.2H/c1-12(2)19(5,6)26-17(21)14-9-15(11-16(10-14)28(23,24)25)18(22)27-20(7,8)13(3)4;;;/h9-13H,1-8H3,(H,23,24,25);;;. The van der Waals surface area contributed by atoms with Gasteiger partial charge in [0.15, 0.2) is 0 Å². The number of carbonyl (C=O) groups excluding carboxylic acids is 2. The van der Waals surface area contributed by atoms with Gasteiger partial charge in [0.2, 0.25) is 0 Å². The zero-order valence-electron chi connectivity index (χ0n) is 17.7. The molecule has 0 saturated heterocycles. The van der Waals surface area contributed by atoms with Crippen molar-refractivity contribution in [2.45, 2.75) is 71.5 Å². The number of hydrogen-bond acceptors (Lipinski definition) is 6. The van der Waals surface area contributed by atoms with E-state index in [9.17, 15) is 22.6 Å². The predicted molar refractivity (Wildman–Crippen MR) is 113 cm³/mol. The molecular weight excluding hydrogens is 424 g/mol. The second kappa shape index (κ2) is 10.1. The Kier molecular flexibility index (Phi) is 9.86. The molecule has 9 heteroatoms. The van der Waals surface area contributed by atoms with E-state index in [1.807, 2.05) is 27.7 Å². The second-order valence-corrected chi connectivity index (χ2v) is 9.94. The van der Waals surface area contributed by atoms with Crippen LogP contribution in [0.25, 0.3) is 0 Å². The van der Waals surface area contributed by atoms with E-state index in [1.54, 1.807) is 27.7 Å². The van der Waals surface area contributed by atoms with Crippen molar-refractivity contribution in [2.24, 2.45) is 11.8 Å². The van der Waals surface area contributed by atoms with Crippen molar-refractivity contribution < 1.29 is 32.0 Å². The first kappa shape index (κ1) is 28.3. The van der Waals surface area contributed by atoms with Crippen LogP contribution in [0, 0.1) is 11.8 Å². The van der Waals surface area contributed by atoms with Crippen LogP contribution >= 0.6 is 0 Å². The van der Waals surface area contributed by atoms with Crippen LogP contribution in [0.1, 0.15) is 76.1 Å². The second-order valence-electron chi connectivity index (χ2n) is 8.52. The summed E-state index contributed by atoms with van der Waals surface area (Å²) in [6.07, 6.45) is 0. The molecule has 1 aromatic carbocycles. The molecule has 0 aromatic heterocycles. The monoisotopic (exact) mass is 456 g/mol. The Labute approximate surface area is 203 Å². The summed E-state index contributed by atoms with van der Waals surface area (Å²) in [4.78, 5) is 24.5. The number of ether oxygens (including phenoxy) is 2. The van der Waals surface area contributed by atoms with Crippen molar-refractivity contribution in [3.8, 4) is 0 Å². The van der Waals surface area contributed by atoms with Gasteiger partial charge in [-0.25, -0.2) is 9.59 Å². The molecule has 1 aromatic rings. The van der Waals surface area contributed by atoms with E-state index >= 15 is 0 Å². The van der Waals surface area contributed by atoms with Gasteiger partial charge in [-0.05, 0) is 57.7 Å². The minimum atomic E-state index is -4.65. The zero-order valence-corrected chi connectivity index (χ0v) is 18.5. The Balaban J connectivity index is 0.00000784. The Hall–Kier alpha value is -0.670. The van der Waals surface area contributed by atoms with Gasteiger partial charge in [0.05, 0.1) is 16.0 Å². The molecular formula is C20H32CaO7S. The fraction of sp³-hybridized carbons (Fsp3) is 0.600. The van der Waals surface area contributed by atoms with Gasteiger partial charge in [-0.15, -0.1) is 0 Å². The summed E-state index contributed by atoms with van der Waals surface area (Å²) in [5.74, 6) is -1.61. The fourth-order valence-electron chi connectivity index (χ4n) is 1.82. The first-order chi connectivity index (χ1) is 12.5. The van der Waals surface area contributed by atoms with Crippen LogP contribution in [-0.2, 0) is 19.6 Å². The van der Waals surface area contributed by atoms with Crippen LogP contribution in [0.4, 0.5) is 0 Å². The van der Waals surface area contributed by atoms with Gasteiger partial charge in [-0.2, -0.15) is 8.42 Å². The summed E-state index contributed by atoms with van der Waals surface area (Å²) in [6.45, 7) is 14.4. The van der Waals surface area contributed by atoms with E-state index in [-0.39, 0.29) is 60.7 Å². The summed E-state index contributed by atoms with van der Waals surface area (Å²) in [5, 5.41) is 0. The van der Waals surface area contributed by atoms with Gasteiger partial charge in [-0.1, -0.05) is 27.7 Å². The molecule has 0 heterocycles. The molecule has 162 valence electrons. The Morgan fingerprint density at radius 2 is 1.14 bits per heavy atom. The molecule has 0 aliphatic heterocycles. The molecule has 29 heavy (non-hydrogen) atoms. The third kappa shape index (κ3) is 7.83. The molecule has 0 aliphatic rings. The normalized spacial score (nSPS) is 12.5. The zero-order chi connectivity index (χ0) is 22.1. The fourth-order valence-corrected chi connectivity index (χ4v) is 2.37. The van der Waals surface area contributed by atoms with Crippen LogP contribution in [0.3, 0.4) is 0 Å². The topological polar surface area (TPSA) is 107 Å². The van der Waals surface area contributed by atoms with Crippen molar-refractivity contribution in [3.05, 3.63) is 29.3 Å². The summed E-state index contributed by atoms with van der Waals surface area (Å²) in [5.41, 5.74) is -1.96. The maximum atomic E-state index is 12.6. The van der Waals surface area contributed by atoms with Crippen LogP contribution < -0.4 is 0 Å². The van der Waals surface area contributed by atoms with E-state index in [4.69, 9.17) is 9.47 Å². The average Bonchev–Trinajstić information content (AvgIpc) is 2.52. The van der Waals surface area contributed by atoms with Crippen LogP contribution in [0.15, 0.2) is 23.1 Å². The maximum absolute atomic E-state index is 12.6. The molecule has 7 nitrogen and oxygen atoms in total. The molecule has 1 N–H and O–H groups in total. The van der Waals surface area contributed by atoms with Gasteiger partial charge in [0.1, 0.15) is 11.2 Å². The molecule has 0 atom stereocenters. The molecule has 0 bridgehead atoms. The van der Waals surface area contributed by atoms with Crippen molar-refractivity contribution in [1.82, 2.24) is 0 Å². The number of esters is 2. The van der Waals surface area contributed by atoms with E-state index in [0.29, 0.717) is 0 Å². The average molecular weight is 457 g/mol. The summed E-state index contributed by atoms with van der Waals surface area (Å²) in [6, 6.07) is 3.14.